The van der Waals surface area contributed by atoms with Crippen molar-refractivity contribution in [2.24, 2.45) is 0 Å². The van der Waals surface area contributed by atoms with Crippen LogP contribution in [-0.4, -0.2) is 20.0 Å². The van der Waals surface area contributed by atoms with Crippen molar-refractivity contribution >= 4 is 7.92 Å². The van der Waals surface area contributed by atoms with Crippen LogP contribution < -0.4 is 0 Å². The minimum absolute atomic E-state index is 0. The van der Waals surface area contributed by atoms with Gasteiger partial charge in [0.1, 0.15) is 0 Å². The first-order chi connectivity index (χ1) is 4.23. The summed E-state index contributed by atoms with van der Waals surface area (Å²) in [6.07, 6.45) is 0. The van der Waals surface area contributed by atoms with E-state index >= 15 is 0 Å². The van der Waals surface area contributed by atoms with Crippen LogP contribution in [0.5, 0.6) is 0 Å². The van der Waals surface area contributed by atoms with Crippen molar-refractivity contribution in [3.8, 4) is 0 Å². The van der Waals surface area contributed by atoms with Crippen molar-refractivity contribution in [3.05, 3.63) is 30.3 Å². The summed E-state index contributed by atoms with van der Waals surface area (Å²) < 4.78 is 0. The van der Waals surface area contributed by atoms with Gasteiger partial charge in [0.05, 0.1) is 0 Å². The molecular formula is C8H14AuP. The molecule has 0 aromatic heterocycles. The molecule has 0 aliphatic carbocycles. The summed E-state index contributed by atoms with van der Waals surface area (Å²) in [5.41, 5.74) is 0. The Bertz CT molecular complexity index is 92.8. The fraction of sp³-hybridized carbons (Fsp3) is 0.375. The van der Waals surface area contributed by atoms with E-state index in [9.17, 15) is 0 Å². The van der Waals surface area contributed by atoms with E-state index in [1.807, 2.05) is 30.3 Å². The Balaban J connectivity index is 0. The normalized spacial score (nSPS) is 7.60. The van der Waals surface area contributed by atoms with Crippen molar-refractivity contribution in [2.75, 3.05) is 20.0 Å². The quantitative estimate of drug-likeness (QED) is 0.388. The van der Waals surface area contributed by atoms with E-state index in [0.717, 1.165) is 0 Å². The first-order valence-electron chi connectivity index (χ1n) is 3.01. The molecule has 0 fully saturated rings. The second kappa shape index (κ2) is 9.52. The first-order valence-corrected chi connectivity index (χ1v) is 5.69. The summed E-state index contributed by atoms with van der Waals surface area (Å²) in [7, 11) is 0.380. The molecule has 1 aromatic rings. The number of hydrogen-bond donors (Lipinski definition) is 0. The molecule has 0 aliphatic rings. The van der Waals surface area contributed by atoms with Crippen LogP contribution in [0.25, 0.3) is 0 Å². The van der Waals surface area contributed by atoms with Crippen molar-refractivity contribution in [1.29, 1.82) is 0 Å². The predicted octanol–water partition coefficient (Wildman–Crippen LogP) is 2.76. The van der Waals surface area contributed by atoms with Crippen LogP contribution in [0.2, 0.25) is 0 Å². The Hall–Kier alpha value is 0.520. The van der Waals surface area contributed by atoms with Gasteiger partial charge in [-0.2, -0.15) is 18.2 Å². The van der Waals surface area contributed by atoms with Gasteiger partial charge in [0.2, 0.25) is 0 Å². The number of hydrogen-bond acceptors (Lipinski definition) is 0. The van der Waals surface area contributed by atoms with E-state index in [1.165, 1.54) is 0 Å². The maximum absolute atomic E-state index is 2.23. The molecule has 0 saturated heterocycles. The monoisotopic (exact) mass is 338 g/mol. The summed E-state index contributed by atoms with van der Waals surface area (Å²) >= 11 is 0. The minimum atomic E-state index is 0. The van der Waals surface area contributed by atoms with Gasteiger partial charge in [0.15, 0.2) is 0 Å². The molecule has 0 saturated carbocycles. The van der Waals surface area contributed by atoms with E-state index < -0.39 is 0 Å². The maximum atomic E-state index is 2.23. The van der Waals surface area contributed by atoms with E-state index in [4.69, 9.17) is 0 Å². The Morgan fingerprint density at radius 1 is 1.00 bits per heavy atom. The average molecular weight is 338 g/mol. The molecule has 10 heavy (non-hydrogen) atoms. The van der Waals surface area contributed by atoms with E-state index in [2.05, 4.69) is 20.0 Å². The third kappa shape index (κ3) is 15.8. The van der Waals surface area contributed by atoms with Gasteiger partial charge in [0.25, 0.3) is 0 Å². The molecule has 2 heteroatoms. The maximum Gasteiger partial charge on any atom is 1.00 e. The standard InChI is InChI=1S/C5H5.C3H9P.Au/c1-2-4-5-3-1;1-4(2)3;/h1-5H;1-3H3;/q-1;;+1. The second-order valence-corrected chi connectivity index (χ2v) is 4.99. The SMILES string of the molecule is CP(C)C.[Au+].c1cc[cH-]c1. The van der Waals surface area contributed by atoms with Crippen molar-refractivity contribution in [2.45, 2.75) is 0 Å². The molecule has 0 atom stereocenters. The Kier molecular flexibility index (Phi) is 12.5. The molecule has 0 bridgehead atoms. The van der Waals surface area contributed by atoms with Gasteiger partial charge >= 0.3 is 22.4 Å². The average Bonchev–Trinajstić information content (AvgIpc) is 2.11. The van der Waals surface area contributed by atoms with E-state index in [1.54, 1.807) is 0 Å². The van der Waals surface area contributed by atoms with E-state index in [0.29, 0.717) is 7.92 Å². The number of rotatable bonds is 0. The fourth-order valence-electron chi connectivity index (χ4n) is 0.321. The Labute approximate surface area is 80.7 Å². The van der Waals surface area contributed by atoms with Crippen LogP contribution in [0, 0.1) is 0 Å². The van der Waals surface area contributed by atoms with Gasteiger partial charge in [-0.3, -0.25) is 0 Å². The molecular weight excluding hydrogens is 324 g/mol. The summed E-state index contributed by atoms with van der Waals surface area (Å²) in [4.78, 5) is 0. The largest absolute Gasteiger partial charge is 1.00 e. The topological polar surface area (TPSA) is 0 Å². The smallest absolute Gasteiger partial charge is 0.214 e. The molecule has 0 aliphatic heterocycles. The Morgan fingerprint density at radius 3 is 1.40 bits per heavy atom. The van der Waals surface area contributed by atoms with Gasteiger partial charge in [-0.25, -0.2) is 12.1 Å². The molecule has 0 unspecified atom stereocenters. The summed E-state index contributed by atoms with van der Waals surface area (Å²) in [6, 6.07) is 10.0. The van der Waals surface area contributed by atoms with Gasteiger partial charge in [-0.15, -0.1) is 7.92 Å². The van der Waals surface area contributed by atoms with Crippen LogP contribution in [0.3, 0.4) is 0 Å². The van der Waals surface area contributed by atoms with Crippen molar-refractivity contribution < 1.29 is 22.4 Å². The predicted molar refractivity (Wildman–Crippen MR) is 46.7 cm³/mol. The molecule has 0 amide bonds. The summed E-state index contributed by atoms with van der Waals surface area (Å²) in [6.45, 7) is 6.69. The van der Waals surface area contributed by atoms with Crippen LogP contribution >= 0.6 is 7.92 Å². The Morgan fingerprint density at radius 2 is 1.30 bits per heavy atom. The van der Waals surface area contributed by atoms with Gasteiger partial charge in [-0.05, 0) is 20.0 Å². The zero-order valence-corrected chi connectivity index (χ0v) is 9.70. The molecule has 0 N–H and O–H groups in total. The zero-order chi connectivity index (χ0) is 7.11. The second-order valence-electron chi connectivity index (χ2n) is 2.30. The van der Waals surface area contributed by atoms with Crippen LogP contribution in [0.4, 0.5) is 0 Å². The third-order valence-corrected chi connectivity index (χ3v) is 0.556. The van der Waals surface area contributed by atoms with Crippen LogP contribution in [0.15, 0.2) is 30.3 Å². The summed E-state index contributed by atoms with van der Waals surface area (Å²) in [5, 5.41) is 0. The minimum Gasteiger partial charge on any atom is -0.214 e. The van der Waals surface area contributed by atoms with Gasteiger partial charge in [0, 0.05) is 0 Å². The van der Waals surface area contributed by atoms with Gasteiger partial charge < -0.3 is 0 Å². The fourth-order valence-corrected chi connectivity index (χ4v) is 0.321. The third-order valence-electron chi connectivity index (χ3n) is 0.556. The molecule has 1 rings (SSSR count). The molecule has 0 radical (unpaired) electrons. The van der Waals surface area contributed by atoms with Crippen LogP contribution in [-0.2, 0) is 22.4 Å². The molecule has 0 spiro atoms. The van der Waals surface area contributed by atoms with Gasteiger partial charge in [-0.1, -0.05) is 0 Å². The molecule has 62 valence electrons. The zero-order valence-electron chi connectivity index (χ0n) is 6.64. The van der Waals surface area contributed by atoms with Crippen LogP contribution in [0.1, 0.15) is 0 Å². The van der Waals surface area contributed by atoms with Crippen molar-refractivity contribution in [1.82, 2.24) is 0 Å². The van der Waals surface area contributed by atoms with Crippen molar-refractivity contribution in [3.63, 3.8) is 0 Å². The molecule has 0 nitrogen and oxygen atoms in total. The molecule has 0 heterocycles. The molecule has 1 aromatic carbocycles. The first kappa shape index (κ1) is 13.1. The van der Waals surface area contributed by atoms with E-state index in [-0.39, 0.29) is 22.4 Å². The summed E-state index contributed by atoms with van der Waals surface area (Å²) in [5.74, 6) is 0.